The Bertz CT molecular complexity index is 177. The van der Waals surface area contributed by atoms with Crippen molar-refractivity contribution in [2.45, 2.75) is 57.5 Å². The smallest absolute Gasteiger partial charge is 0.0193 e. The highest BCUT2D eigenvalue weighted by Crippen LogP contribution is 2.35. The van der Waals surface area contributed by atoms with Crippen molar-refractivity contribution in [3.8, 4) is 0 Å². The summed E-state index contributed by atoms with van der Waals surface area (Å²) in [6.07, 6.45) is 8.67. The molecular formula is C12H24N2. The van der Waals surface area contributed by atoms with E-state index in [9.17, 15) is 0 Å². The van der Waals surface area contributed by atoms with Gasteiger partial charge in [-0.3, -0.25) is 4.90 Å². The van der Waals surface area contributed by atoms with E-state index in [2.05, 4.69) is 11.8 Å². The molecule has 0 radical (unpaired) electrons. The Hall–Kier alpha value is -0.0800. The van der Waals surface area contributed by atoms with Gasteiger partial charge in [0.2, 0.25) is 0 Å². The van der Waals surface area contributed by atoms with Gasteiger partial charge in [0.1, 0.15) is 0 Å². The van der Waals surface area contributed by atoms with Crippen LogP contribution in [0.25, 0.3) is 0 Å². The summed E-state index contributed by atoms with van der Waals surface area (Å²) in [6, 6.07) is 1.47. The van der Waals surface area contributed by atoms with Gasteiger partial charge in [0.25, 0.3) is 0 Å². The van der Waals surface area contributed by atoms with Crippen molar-refractivity contribution in [1.82, 2.24) is 4.90 Å². The molecule has 0 bridgehead atoms. The van der Waals surface area contributed by atoms with Crippen LogP contribution in [0.1, 0.15) is 45.4 Å². The van der Waals surface area contributed by atoms with E-state index >= 15 is 0 Å². The van der Waals surface area contributed by atoms with Crippen LogP contribution in [0.2, 0.25) is 0 Å². The van der Waals surface area contributed by atoms with Crippen molar-refractivity contribution in [3.63, 3.8) is 0 Å². The van der Waals surface area contributed by atoms with Crippen molar-refractivity contribution in [1.29, 1.82) is 0 Å². The fraction of sp³-hybridized carbons (Fsp3) is 1.00. The average Bonchev–Trinajstić information content (AvgIpc) is 2.27. The third-order valence-corrected chi connectivity index (χ3v) is 4.19. The Kier molecular flexibility index (Phi) is 3.45. The Morgan fingerprint density at radius 3 is 2.71 bits per heavy atom. The molecule has 1 aliphatic heterocycles. The van der Waals surface area contributed by atoms with E-state index in [-0.39, 0.29) is 0 Å². The number of rotatable bonds is 2. The zero-order chi connectivity index (χ0) is 9.97. The van der Waals surface area contributed by atoms with Crippen molar-refractivity contribution < 1.29 is 0 Å². The van der Waals surface area contributed by atoms with Crippen LogP contribution in [0.15, 0.2) is 0 Å². The zero-order valence-electron chi connectivity index (χ0n) is 9.41. The van der Waals surface area contributed by atoms with Crippen molar-refractivity contribution in [2.24, 2.45) is 11.7 Å². The normalized spacial score (nSPS) is 36.4. The molecule has 1 saturated heterocycles. The van der Waals surface area contributed by atoms with E-state index in [1.54, 1.807) is 0 Å². The van der Waals surface area contributed by atoms with Gasteiger partial charge < -0.3 is 5.73 Å². The van der Waals surface area contributed by atoms with Crippen LogP contribution in [0.3, 0.4) is 0 Å². The van der Waals surface area contributed by atoms with Crippen LogP contribution in [0, 0.1) is 5.92 Å². The molecule has 2 rings (SSSR count). The summed E-state index contributed by atoms with van der Waals surface area (Å²) < 4.78 is 0. The van der Waals surface area contributed by atoms with Gasteiger partial charge in [-0.15, -0.1) is 0 Å². The molecule has 2 heteroatoms. The van der Waals surface area contributed by atoms with Gasteiger partial charge in [0.15, 0.2) is 0 Å². The molecule has 0 aromatic heterocycles. The quantitative estimate of drug-likeness (QED) is 0.732. The van der Waals surface area contributed by atoms with Crippen molar-refractivity contribution >= 4 is 0 Å². The number of piperidine rings is 1. The number of likely N-dealkylation sites (tertiary alicyclic amines) is 1. The molecule has 0 amide bonds. The molecule has 0 aromatic carbocycles. The molecule has 0 spiro atoms. The molecule has 2 nitrogen and oxygen atoms in total. The van der Waals surface area contributed by atoms with Crippen LogP contribution in [0.4, 0.5) is 0 Å². The van der Waals surface area contributed by atoms with Crippen molar-refractivity contribution in [3.05, 3.63) is 0 Å². The summed E-state index contributed by atoms with van der Waals surface area (Å²) in [4.78, 5) is 2.69. The molecule has 14 heavy (non-hydrogen) atoms. The lowest BCUT2D eigenvalue weighted by Crippen LogP contribution is -2.52. The first-order valence-electron chi connectivity index (χ1n) is 6.28. The van der Waals surface area contributed by atoms with Gasteiger partial charge in [-0.25, -0.2) is 0 Å². The van der Waals surface area contributed by atoms with Crippen LogP contribution >= 0.6 is 0 Å². The number of fused-ring (bicyclic) bond motifs is 1. The third kappa shape index (κ3) is 1.96. The van der Waals surface area contributed by atoms with E-state index in [0.717, 1.165) is 18.5 Å². The maximum atomic E-state index is 5.78. The Morgan fingerprint density at radius 2 is 1.93 bits per heavy atom. The second-order valence-corrected chi connectivity index (χ2v) is 5.08. The van der Waals surface area contributed by atoms with Crippen molar-refractivity contribution in [2.75, 3.05) is 13.1 Å². The summed E-state index contributed by atoms with van der Waals surface area (Å²) in [7, 11) is 0. The van der Waals surface area contributed by atoms with Gasteiger partial charge in [-0.05, 0) is 45.1 Å². The van der Waals surface area contributed by atoms with Gasteiger partial charge in [-0.1, -0.05) is 12.8 Å². The summed E-state index contributed by atoms with van der Waals surface area (Å²) in [6.45, 7) is 4.40. The van der Waals surface area contributed by atoms with E-state index in [1.165, 1.54) is 45.1 Å². The number of hydrogen-bond acceptors (Lipinski definition) is 2. The Balaban J connectivity index is 2.01. The first-order chi connectivity index (χ1) is 6.83. The third-order valence-electron chi connectivity index (χ3n) is 4.19. The Labute approximate surface area is 87.8 Å². The fourth-order valence-corrected chi connectivity index (χ4v) is 3.35. The second-order valence-electron chi connectivity index (χ2n) is 5.08. The lowest BCUT2D eigenvalue weighted by Gasteiger charge is -2.46. The van der Waals surface area contributed by atoms with E-state index in [0.29, 0.717) is 6.04 Å². The van der Waals surface area contributed by atoms with Gasteiger partial charge in [0.05, 0.1) is 0 Å². The molecule has 2 aliphatic rings. The maximum absolute atomic E-state index is 5.78. The second kappa shape index (κ2) is 4.63. The molecule has 82 valence electrons. The highest BCUT2D eigenvalue weighted by molar-refractivity contribution is 4.89. The highest BCUT2D eigenvalue weighted by Gasteiger charge is 2.34. The molecule has 0 aromatic rings. The largest absolute Gasteiger partial charge is 0.329 e. The molecule has 2 N–H and O–H groups in total. The molecular weight excluding hydrogens is 172 g/mol. The minimum Gasteiger partial charge on any atom is -0.329 e. The number of nitrogens with two attached hydrogens (primary N) is 1. The standard InChI is InChI=1S/C12H24N2/c1-10(9-13)14-8-4-6-11-5-2-3-7-12(11)14/h10-12H,2-9,13H2,1H3/t10?,11-,12-/m1/s1. The molecule has 1 unspecified atom stereocenters. The predicted octanol–water partition coefficient (Wildman–Crippen LogP) is 1.99. The number of hydrogen-bond donors (Lipinski definition) is 1. The molecule has 2 fully saturated rings. The van der Waals surface area contributed by atoms with E-state index in [4.69, 9.17) is 5.73 Å². The average molecular weight is 196 g/mol. The van der Waals surface area contributed by atoms with Crippen LogP contribution in [-0.4, -0.2) is 30.1 Å². The predicted molar refractivity (Wildman–Crippen MR) is 60.2 cm³/mol. The summed E-state index contributed by atoms with van der Waals surface area (Å²) >= 11 is 0. The minimum atomic E-state index is 0.598. The zero-order valence-corrected chi connectivity index (χ0v) is 9.41. The summed E-state index contributed by atoms with van der Waals surface area (Å²) in [5.74, 6) is 0.992. The molecule has 1 aliphatic carbocycles. The summed E-state index contributed by atoms with van der Waals surface area (Å²) in [5.41, 5.74) is 5.78. The molecule has 3 atom stereocenters. The maximum Gasteiger partial charge on any atom is 0.0193 e. The molecule has 1 heterocycles. The van der Waals surface area contributed by atoms with Crippen LogP contribution in [-0.2, 0) is 0 Å². The topological polar surface area (TPSA) is 29.3 Å². The van der Waals surface area contributed by atoms with Gasteiger partial charge in [0, 0.05) is 18.6 Å². The summed E-state index contributed by atoms with van der Waals surface area (Å²) in [5, 5.41) is 0. The van der Waals surface area contributed by atoms with E-state index < -0.39 is 0 Å². The Morgan fingerprint density at radius 1 is 1.21 bits per heavy atom. The SMILES string of the molecule is CC(CN)N1CCC[C@H]2CCCC[C@H]21. The van der Waals surface area contributed by atoms with E-state index in [1.807, 2.05) is 0 Å². The highest BCUT2D eigenvalue weighted by atomic mass is 15.2. The minimum absolute atomic E-state index is 0.598. The monoisotopic (exact) mass is 196 g/mol. The first-order valence-corrected chi connectivity index (χ1v) is 6.28. The molecule has 1 saturated carbocycles. The van der Waals surface area contributed by atoms with Crippen LogP contribution in [0.5, 0.6) is 0 Å². The lowest BCUT2D eigenvalue weighted by molar-refractivity contribution is 0.0341. The van der Waals surface area contributed by atoms with Gasteiger partial charge >= 0.3 is 0 Å². The van der Waals surface area contributed by atoms with Gasteiger partial charge in [-0.2, -0.15) is 0 Å². The first kappa shape index (κ1) is 10.4. The fourth-order valence-electron chi connectivity index (χ4n) is 3.35. The lowest BCUT2D eigenvalue weighted by atomic mass is 9.78. The van der Waals surface area contributed by atoms with Crippen LogP contribution < -0.4 is 5.73 Å². The number of nitrogens with zero attached hydrogens (tertiary/aromatic N) is 1.